The van der Waals surface area contributed by atoms with E-state index in [2.05, 4.69) is 0 Å². The molecule has 2 aromatic carbocycles. The fourth-order valence-electron chi connectivity index (χ4n) is 3.39. The van der Waals surface area contributed by atoms with Crippen molar-refractivity contribution in [1.29, 1.82) is 0 Å². The number of nitrogens with zero attached hydrogens (tertiary/aromatic N) is 2. The van der Waals surface area contributed by atoms with Crippen LogP contribution in [0.3, 0.4) is 0 Å². The maximum absolute atomic E-state index is 13.4. The van der Waals surface area contributed by atoms with Crippen LogP contribution < -0.4 is 0 Å². The highest BCUT2D eigenvalue weighted by Gasteiger charge is 2.24. The third kappa shape index (κ3) is 3.95. The molecule has 3 nitrogen and oxygen atoms in total. The summed E-state index contributed by atoms with van der Waals surface area (Å²) in [7, 11) is 0. The Morgan fingerprint density at radius 3 is 2.26 bits per heavy atom. The smallest absolute Gasteiger partial charge is 0.255 e. The molecule has 0 radical (unpaired) electrons. The Bertz CT molecular complexity index is 991. The van der Waals surface area contributed by atoms with Gasteiger partial charge in [-0.2, -0.15) is 0 Å². The second-order valence-electron chi connectivity index (χ2n) is 7.10. The highest BCUT2D eigenvalue weighted by Crippen LogP contribution is 2.32. The molecule has 5 heteroatoms. The van der Waals surface area contributed by atoms with Gasteiger partial charge in [-0.1, -0.05) is 41.4 Å². The van der Waals surface area contributed by atoms with Gasteiger partial charge in [0.25, 0.3) is 5.91 Å². The van der Waals surface area contributed by atoms with E-state index in [4.69, 9.17) is 28.2 Å². The van der Waals surface area contributed by atoms with Gasteiger partial charge in [-0.05, 0) is 58.0 Å². The number of pyridine rings is 1. The van der Waals surface area contributed by atoms with E-state index in [-0.39, 0.29) is 18.0 Å². The van der Waals surface area contributed by atoms with Crippen LogP contribution >= 0.6 is 23.2 Å². The zero-order chi connectivity index (χ0) is 19.7. The molecular formula is C22H22Cl2N2O. The van der Waals surface area contributed by atoms with Gasteiger partial charge in [0.2, 0.25) is 0 Å². The van der Waals surface area contributed by atoms with Crippen LogP contribution in [0.25, 0.3) is 22.2 Å². The van der Waals surface area contributed by atoms with Gasteiger partial charge in [-0.25, -0.2) is 4.98 Å². The molecule has 140 valence electrons. The molecule has 0 aliphatic heterocycles. The number of rotatable bonds is 4. The average molecular weight is 401 g/mol. The third-order valence-electron chi connectivity index (χ3n) is 4.50. The van der Waals surface area contributed by atoms with E-state index in [9.17, 15) is 4.79 Å². The second kappa shape index (κ2) is 7.87. The van der Waals surface area contributed by atoms with Crippen LogP contribution in [0.4, 0.5) is 0 Å². The van der Waals surface area contributed by atoms with Gasteiger partial charge in [0.15, 0.2) is 0 Å². The first-order valence-corrected chi connectivity index (χ1v) is 9.73. The van der Waals surface area contributed by atoms with Crippen molar-refractivity contribution in [3.8, 4) is 11.3 Å². The average Bonchev–Trinajstić information content (AvgIpc) is 2.60. The molecule has 0 aliphatic carbocycles. The van der Waals surface area contributed by atoms with Crippen LogP contribution in [0.15, 0.2) is 48.5 Å². The summed E-state index contributed by atoms with van der Waals surface area (Å²) in [5.74, 6) is -0.00932. The lowest BCUT2D eigenvalue weighted by Gasteiger charge is -2.31. The largest absolute Gasteiger partial charge is 0.334 e. The van der Waals surface area contributed by atoms with Crippen molar-refractivity contribution in [1.82, 2.24) is 9.88 Å². The summed E-state index contributed by atoms with van der Waals surface area (Å²) in [6.07, 6.45) is 0. The number of amides is 1. The van der Waals surface area contributed by atoms with E-state index in [1.54, 1.807) is 12.1 Å². The Kier molecular flexibility index (Phi) is 5.73. The molecule has 0 aliphatic rings. The molecule has 1 aromatic heterocycles. The molecule has 0 fully saturated rings. The minimum Gasteiger partial charge on any atom is -0.334 e. The van der Waals surface area contributed by atoms with E-state index in [1.807, 2.05) is 69.0 Å². The summed E-state index contributed by atoms with van der Waals surface area (Å²) >= 11 is 12.4. The minimum absolute atomic E-state index is 0.00932. The number of para-hydroxylation sites is 1. The van der Waals surface area contributed by atoms with Crippen molar-refractivity contribution in [2.24, 2.45) is 0 Å². The molecule has 0 saturated carbocycles. The Morgan fingerprint density at radius 1 is 0.963 bits per heavy atom. The highest BCUT2D eigenvalue weighted by atomic mass is 35.5. The zero-order valence-electron chi connectivity index (χ0n) is 15.8. The summed E-state index contributed by atoms with van der Waals surface area (Å²) in [4.78, 5) is 20.0. The number of fused-ring (bicyclic) bond motifs is 1. The SMILES string of the molecule is CC(C)N(C(=O)c1cc(-c2ccc(Cl)cc2Cl)nc2ccccc12)C(C)C. The molecule has 0 spiro atoms. The number of hydrogen-bond acceptors (Lipinski definition) is 2. The fraction of sp³-hybridized carbons (Fsp3) is 0.273. The summed E-state index contributed by atoms with van der Waals surface area (Å²) in [5, 5.41) is 1.91. The molecule has 1 amide bonds. The van der Waals surface area contributed by atoms with Crippen LogP contribution in [0, 0.1) is 0 Å². The standard InChI is InChI=1S/C22H22Cl2N2O/c1-13(2)26(14(3)4)22(27)18-12-21(17-10-9-15(23)11-19(17)24)25-20-8-6-5-7-16(18)20/h5-14H,1-4H3. The van der Waals surface area contributed by atoms with E-state index in [1.165, 1.54) is 0 Å². The van der Waals surface area contributed by atoms with E-state index in [0.29, 0.717) is 21.3 Å². The first-order chi connectivity index (χ1) is 12.8. The van der Waals surface area contributed by atoms with E-state index in [0.717, 1.165) is 16.5 Å². The number of halogens is 2. The molecule has 1 heterocycles. The van der Waals surface area contributed by atoms with Gasteiger partial charge in [0.1, 0.15) is 0 Å². The van der Waals surface area contributed by atoms with Gasteiger partial charge >= 0.3 is 0 Å². The van der Waals surface area contributed by atoms with Crippen LogP contribution in [-0.4, -0.2) is 27.9 Å². The molecule has 27 heavy (non-hydrogen) atoms. The number of benzene rings is 2. The van der Waals surface area contributed by atoms with Crippen molar-refractivity contribution in [3.05, 3.63) is 64.1 Å². The van der Waals surface area contributed by atoms with Crippen LogP contribution in [-0.2, 0) is 0 Å². The summed E-state index contributed by atoms with van der Waals surface area (Å²) in [5.41, 5.74) is 2.80. The number of carbonyl (C=O) groups is 1. The van der Waals surface area contributed by atoms with Gasteiger partial charge in [0.05, 0.1) is 21.8 Å². The lowest BCUT2D eigenvalue weighted by Crippen LogP contribution is -2.42. The van der Waals surface area contributed by atoms with Crippen molar-refractivity contribution in [3.63, 3.8) is 0 Å². The predicted molar refractivity (Wildman–Crippen MR) is 114 cm³/mol. The van der Waals surface area contributed by atoms with Crippen LogP contribution in [0.5, 0.6) is 0 Å². The Balaban J connectivity index is 2.24. The maximum atomic E-state index is 13.4. The zero-order valence-corrected chi connectivity index (χ0v) is 17.3. The number of aromatic nitrogens is 1. The minimum atomic E-state index is -0.00932. The quantitative estimate of drug-likeness (QED) is 0.502. The molecular weight excluding hydrogens is 379 g/mol. The van der Waals surface area contributed by atoms with Crippen molar-refractivity contribution >= 4 is 40.0 Å². The highest BCUT2D eigenvalue weighted by molar-refractivity contribution is 6.36. The Hall–Kier alpha value is -2.10. The maximum Gasteiger partial charge on any atom is 0.255 e. The van der Waals surface area contributed by atoms with Crippen LogP contribution in [0.1, 0.15) is 38.1 Å². The predicted octanol–water partition coefficient (Wildman–Crippen LogP) is 6.47. The fourth-order valence-corrected chi connectivity index (χ4v) is 3.90. The summed E-state index contributed by atoms with van der Waals surface area (Å²) in [6.45, 7) is 8.10. The molecule has 0 bridgehead atoms. The molecule has 3 aromatic rings. The monoisotopic (exact) mass is 400 g/mol. The lowest BCUT2D eigenvalue weighted by atomic mass is 10.0. The second-order valence-corrected chi connectivity index (χ2v) is 7.94. The summed E-state index contributed by atoms with van der Waals surface area (Å²) in [6, 6.07) is 15.0. The van der Waals surface area contributed by atoms with Crippen molar-refractivity contribution < 1.29 is 4.79 Å². The van der Waals surface area contributed by atoms with Gasteiger partial charge in [0, 0.05) is 28.1 Å². The van der Waals surface area contributed by atoms with E-state index < -0.39 is 0 Å². The Labute approximate surface area is 169 Å². The molecule has 0 N–H and O–H groups in total. The Morgan fingerprint density at radius 2 is 1.63 bits per heavy atom. The summed E-state index contributed by atoms with van der Waals surface area (Å²) < 4.78 is 0. The van der Waals surface area contributed by atoms with Gasteiger partial charge in [-0.3, -0.25) is 4.79 Å². The molecule has 0 saturated heterocycles. The van der Waals surface area contributed by atoms with Gasteiger partial charge in [-0.15, -0.1) is 0 Å². The lowest BCUT2D eigenvalue weighted by molar-refractivity contribution is 0.0646. The molecule has 0 atom stereocenters. The first kappa shape index (κ1) is 19.7. The number of hydrogen-bond donors (Lipinski definition) is 0. The first-order valence-electron chi connectivity index (χ1n) is 8.97. The molecule has 0 unspecified atom stereocenters. The number of carbonyl (C=O) groups excluding carboxylic acids is 1. The van der Waals surface area contributed by atoms with Crippen molar-refractivity contribution in [2.75, 3.05) is 0 Å². The topological polar surface area (TPSA) is 33.2 Å². The van der Waals surface area contributed by atoms with Gasteiger partial charge < -0.3 is 4.90 Å². The van der Waals surface area contributed by atoms with E-state index >= 15 is 0 Å². The normalized spacial score (nSPS) is 11.4. The van der Waals surface area contributed by atoms with Crippen LogP contribution in [0.2, 0.25) is 10.0 Å². The third-order valence-corrected chi connectivity index (χ3v) is 5.05. The van der Waals surface area contributed by atoms with Crippen molar-refractivity contribution in [2.45, 2.75) is 39.8 Å². The molecule has 3 rings (SSSR count).